The highest BCUT2D eigenvalue weighted by Gasteiger charge is 2.16. The zero-order valence-electron chi connectivity index (χ0n) is 13.8. The monoisotopic (exact) mass is 365 g/mol. The topological polar surface area (TPSA) is 46.6 Å². The van der Waals surface area contributed by atoms with Gasteiger partial charge < -0.3 is 9.64 Å². The molecule has 0 spiro atoms. The zero-order chi connectivity index (χ0) is 17.5. The van der Waals surface area contributed by atoms with Crippen LogP contribution < -0.4 is 4.74 Å². The maximum Gasteiger partial charge on any atom is 0.223 e. The lowest BCUT2D eigenvalue weighted by Gasteiger charge is -2.21. The Labute approximate surface area is 151 Å². The number of Topliss-reactive ketones (excluding diaryl/α,β-unsaturated/α-hetero) is 1. The van der Waals surface area contributed by atoms with E-state index in [2.05, 4.69) is 0 Å². The summed E-state index contributed by atoms with van der Waals surface area (Å²) < 4.78 is 5.71. The van der Waals surface area contributed by atoms with E-state index in [0.717, 1.165) is 11.3 Å². The fourth-order valence-corrected chi connectivity index (χ4v) is 3.30. The molecule has 24 heavy (non-hydrogen) atoms. The van der Waals surface area contributed by atoms with E-state index >= 15 is 0 Å². The number of ketones is 1. The summed E-state index contributed by atoms with van der Waals surface area (Å²) in [5, 5.41) is 0. The van der Waals surface area contributed by atoms with Crippen molar-refractivity contribution >= 4 is 34.6 Å². The lowest BCUT2D eigenvalue weighted by Crippen LogP contribution is -2.30. The molecule has 4 nitrogen and oxygen atoms in total. The molecule has 1 aromatic carbocycles. The number of rotatable bonds is 8. The summed E-state index contributed by atoms with van der Waals surface area (Å²) in [5.41, 5.74) is 1.03. The Bertz CT molecular complexity index is 697. The molecule has 0 aliphatic carbocycles. The van der Waals surface area contributed by atoms with Crippen LogP contribution >= 0.6 is 22.9 Å². The van der Waals surface area contributed by atoms with Crippen LogP contribution in [-0.2, 0) is 11.3 Å². The highest BCUT2D eigenvalue weighted by atomic mass is 35.5. The van der Waals surface area contributed by atoms with Crippen LogP contribution in [-0.4, -0.2) is 30.2 Å². The molecule has 0 saturated carbocycles. The fourth-order valence-electron chi connectivity index (χ4n) is 2.29. The SMILES string of the molecule is CCN(Cc1ccc(OC)cc1)C(=O)CCC(=O)c1ccc(Cl)s1. The standard InChI is InChI=1S/C18H20ClNO3S/c1-3-20(12-13-4-6-14(23-2)7-5-13)18(22)11-8-15(21)16-9-10-17(19)24-16/h4-7,9-10H,3,8,11-12H2,1-2H3. The van der Waals surface area contributed by atoms with Gasteiger partial charge >= 0.3 is 0 Å². The molecule has 0 bridgehead atoms. The Hall–Kier alpha value is -1.85. The quantitative estimate of drug-likeness (QED) is 0.650. The average molecular weight is 366 g/mol. The summed E-state index contributed by atoms with van der Waals surface area (Å²) >= 11 is 7.08. The van der Waals surface area contributed by atoms with E-state index in [9.17, 15) is 9.59 Å². The number of hydrogen-bond acceptors (Lipinski definition) is 4. The smallest absolute Gasteiger partial charge is 0.223 e. The molecule has 128 valence electrons. The molecule has 1 heterocycles. The first-order valence-corrected chi connectivity index (χ1v) is 8.92. The van der Waals surface area contributed by atoms with Crippen molar-refractivity contribution < 1.29 is 14.3 Å². The van der Waals surface area contributed by atoms with Crippen molar-refractivity contribution in [2.75, 3.05) is 13.7 Å². The number of benzene rings is 1. The largest absolute Gasteiger partial charge is 0.497 e. The normalized spacial score (nSPS) is 10.5. The van der Waals surface area contributed by atoms with Gasteiger partial charge in [-0.15, -0.1) is 11.3 Å². The van der Waals surface area contributed by atoms with Crippen molar-refractivity contribution in [2.45, 2.75) is 26.3 Å². The van der Waals surface area contributed by atoms with E-state index in [-0.39, 0.29) is 24.5 Å². The van der Waals surface area contributed by atoms with Gasteiger partial charge in [0.2, 0.25) is 5.91 Å². The molecule has 0 radical (unpaired) electrons. The summed E-state index contributed by atoms with van der Waals surface area (Å²) in [6, 6.07) is 11.0. The van der Waals surface area contributed by atoms with Gasteiger partial charge in [0.15, 0.2) is 5.78 Å². The predicted octanol–water partition coefficient (Wildman–Crippen LogP) is 4.42. The van der Waals surface area contributed by atoms with Gasteiger partial charge in [0.25, 0.3) is 0 Å². The van der Waals surface area contributed by atoms with Crippen LogP contribution in [0, 0.1) is 0 Å². The Morgan fingerprint density at radius 2 is 1.83 bits per heavy atom. The second kappa shape index (κ2) is 8.85. The number of ether oxygens (including phenoxy) is 1. The Kier molecular flexibility index (Phi) is 6.82. The van der Waals surface area contributed by atoms with Crippen molar-refractivity contribution in [3.63, 3.8) is 0 Å². The van der Waals surface area contributed by atoms with E-state index in [1.54, 1.807) is 24.1 Å². The van der Waals surface area contributed by atoms with Crippen molar-refractivity contribution in [1.82, 2.24) is 4.90 Å². The van der Waals surface area contributed by atoms with Crippen LogP contribution in [0.15, 0.2) is 36.4 Å². The third-order valence-electron chi connectivity index (χ3n) is 3.68. The number of halogens is 1. The van der Waals surface area contributed by atoms with Gasteiger partial charge in [0, 0.05) is 25.9 Å². The fraction of sp³-hybridized carbons (Fsp3) is 0.333. The van der Waals surface area contributed by atoms with E-state index in [0.29, 0.717) is 22.3 Å². The lowest BCUT2D eigenvalue weighted by molar-refractivity contribution is -0.131. The third kappa shape index (κ3) is 5.08. The first-order chi connectivity index (χ1) is 11.5. The molecule has 2 rings (SSSR count). The number of thiophene rings is 1. The molecule has 0 aliphatic rings. The van der Waals surface area contributed by atoms with Gasteiger partial charge in [-0.2, -0.15) is 0 Å². The highest BCUT2D eigenvalue weighted by Crippen LogP contribution is 2.23. The molecular weight excluding hydrogens is 346 g/mol. The number of carbonyl (C=O) groups is 2. The van der Waals surface area contributed by atoms with E-state index in [1.807, 2.05) is 31.2 Å². The summed E-state index contributed by atoms with van der Waals surface area (Å²) in [4.78, 5) is 26.8. The molecule has 0 N–H and O–H groups in total. The molecular formula is C18H20ClNO3S. The van der Waals surface area contributed by atoms with Gasteiger partial charge in [-0.25, -0.2) is 0 Å². The first kappa shape index (κ1) is 18.5. The minimum absolute atomic E-state index is 0.0238. The number of carbonyl (C=O) groups excluding carboxylic acids is 2. The van der Waals surface area contributed by atoms with Crippen molar-refractivity contribution in [3.05, 3.63) is 51.2 Å². The first-order valence-electron chi connectivity index (χ1n) is 7.72. The summed E-state index contributed by atoms with van der Waals surface area (Å²) in [6.07, 6.45) is 0.410. The van der Waals surface area contributed by atoms with E-state index in [1.165, 1.54) is 11.3 Å². The van der Waals surface area contributed by atoms with Crippen LogP contribution in [0.5, 0.6) is 5.75 Å². The molecule has 6 heteroatoms. The van der Waals surface area contributed by atoms with Crippen LogP contribution in [0.4, 0.5) is 0 Å². The number of amides is 1. The summed E-state index contributed by atoms with van der Waals surface area (Å²) in [5.74, 6) is 0.721. The average Bonchev–Trinajstić information content (AvgIpc) is 3.04. The molecule has 0 aliphatic heterocycles. The minimum atomic E-state index is -0.0410. The molecule has 2 aromatic rings. The zero-order valence-corrected chi connectivity index (χ0v) is 15.3. The van der Waals surface area contributed by atoms with Crippen LogP contribution in [0.1, 0.15) is 35.0 Å². The van der Waals surface area contributed by atoms with Crippen molar-refractivity contribution in [1.29, 1.82) is 0 Å². The van der Waals surface area contributed by atoms with Gasteiger partial charge in [-0.1, -0.05) is 23.7 Å². The lowest BCUT2D eigenvalue weighted by atomic mass is 10.1. The highest BCUT2D eigenvalue weighted by molar-refractivity contribution is 7.18. The summed E-state index contributed by atoms with van der Waals surface area (Å²) in [6.45, 7) is 3.06. The van der Waals surface area contributed by atoms with Crippen molar-refractivity contribution in [3.8, 4) is 5.75 Å². The van der Waals surface area contributed by atoms with Gasteiger partial charge in [0.05, 0.1) is 16.3 Å². The van der Waals surface area contributed by atoms with Crippen LogP contribution in [0.3, 0.4) is 0 Å². The second-order valence-corrected chi connectivity index (χ2v) is 7.00. The molecule has 1 aromatic heterocycles. The molecule has 0 unspecified atom stereocenters. The number of hydrogen-bond donors (Lipinski definition) is 0. The van der Waals surface area contributed by atoms with E-state index < -0.39 is 0 Å². The van der Waals surface area contributed by atoms with Crippen LogP contribution in [0.25, 0.3) is 0 Å². The Balaban J connectivity index is 1.89. The maximum absolute atomic E-state index is 12.4. The van der Waals surface area contributed by atoms with Gasteiger partial charge in [0.1, 0.15) is 5.75 Å². The maximum atomic E-state index is 12.4. The number of methoxy groups -OCH3 is 1. The van der Waals surface area contributed by atoms with Crippen LogP contribution in [0.2, 0.25) is 4.34 Å². The molecule has 1 amide bonds. The third-order valence-corrected chi connectivity index (χ3v) is 4.95. The Morgan fingerprint density at radius 1 is 1.12 bits per heavy atom. The second-order valence-electron chi connectivity index (χ2n) is 5.28. The van der Waals surface area contributed by atoms with Gasteiger partial charge in [-0.3, -0.25) is 9.59 Å². The molecule has 0 fully saturated rings. The summed E-state index contributed by atoms with van der Waals surface area (Å²) in [7, 11) is 1.62. The minimum Gasteiger partial charge on any atom is -0.497 e. The van der Waals surface area contributed by atoms with E-state index in [4.69, 9.17) is 16.3 Å². The molecule has 0 saturated heterocycles. The Morgan fingerprint density at radius 3 is 2.38 bits per heavy atom. The predicted molar refractivity (Wildman–Crippen MR) is 97.0 cm³/mol. The number of nitrogens with zero attached hydrogens (tertiary/aromatic N) is 1. The molecule has 0 atom stereocenters. The van der Waals surface area contributed by atoms with Crippen molar-refractivity contribution in [2.24, 2.45) is 0 Å². The van der Waals surface area contributed by atoms with Gasteiger partial charge in [-0.05, 0) is 36.8 Å².